The maximum absolute atomic E-state index is 7.63. The van der Waals surface area contributed by atoms with E-state index in [0.717, 1.165) is 51.9 Å². The number of nitrogens with zero attached hydrogens (tertiary/aromatic N) is 3. The first-order valence-corrected chi connectivity index (χ1v) is 11.0. The lowest BCUT2D eigenvalue weighted by Gasteiger charge is -2.15. The van der Waals surface area contributed by atoms with Gasteiger partial charge in [0.25, 0.3) is 0 Å². The molecule has 2 aromatic carbocycles. The van der Waals surface area contributed by atoms with E-state index in [4.69, 9.17) is 25.8 Å². The van der Waals surface area contributed by atoms with Crippen LogP contribution in [-0.2, 0) is 4.74 Å². The zero-order valence-corrected chi connectivity index (χ0v) is 18.7. The Bertz CT molecular complexity index is 1440. The molecule has 0 saturated heterocycles. The molecule has 5 rings (SSSR count). The number of pyridine rings is 1. The summed E-state index contributed by atoms with van der Waals surface area (Å²) in [6.45, 7) is 0. The molecule has 0 unspecified atom stereocenters. The third-order valence-corrected chi connectivity index (χ3v) is 5.79. The van der Waals surface area contributed by atoms with E-state index in [1.165, 1.54) is 6.21 Å². The van der Waals surface area contributed by atoms with Crippen molar-refractivity contribution in [2.75, 3.05) is 18.2 Å². The fraction of sp³-hybridized carbons (Fsp3) is 0.111. The van der Waals surface area contributed by atoms with Gasteiger partial charge in [-0.2, -0.15) is 0 Å². The molecule has 1 aliphatic carbocycles. The first kappa shape index (κ1) is 21.3. The Hall–Kier alpha value is -4.52. The largest absolute Gasteiger partial charge is 0.501 e. The van der Waals surface area contributed by atoms with Gasteiger partial charge in [0.1, 0.15) is 5.82 Å². The number of methoxy groups -OCH3 is 1. The van der Waals surface area contributed by atoms with E-state index >= 15 is 0 Å². The van der Waals surface area contributed by atoms with E-state index in [-0.39, 0.29) is 0 Å². The molecule has 7 nitrogen and oxygen atoms in total. The summed E-state index contributed by atoms with van der Waals surface area (Å²) < 4.78 is 5.48. The summed E-state index contributed by atoms with van der Waals surface area (Å²) in [5.41, 5.74) is 11.8. The monoisotopic (exact) mass is 448 g/mol. The van der Waals surface area contributed by atoms with Crippen LogP contribution in [0.15, 0.2) is 78.8 Å². The minimum absolute atomic E-state index is 0.552. The smallest absolute Gasteiger partial charge is 0.163 e. The number of allylic oxidation sites excluding steroid dienone is 4. The van der Waals surface area contributed by atoms with Crippen LogP contribution < -0.4 is 11.1 Å². The summed E-state index contributed by atoms with van der Waals surface area (Å²) in [5.74, 6) is 2.22. The number of nitrogen functional groups attached to an aromatic ring is 1. The van der Waals surface area contributed by atoms with Crippen LogP contribution in [0, 0.1) is 5.41 Å². The second-order valence-electron chi connectivity index (χ2n) is 8.00. The van der Waals surface area contributed by atoms with Gasteiger partial charge in [-0.3, -0.25) is 4.98 Å². The highest BCUT2D eigenvalue weighted by atomic mass is 16.5. The minimum atomic E-state index is 0.552. The van der Waals surface area contributed by atoms with Gasteiger partial charge in [0.15, 0.2) is 5.82 Å². The summed E-state index contributed by atoms with van der Waals surface area (Å²) in [7, 11) is 1.71. The van der Waals surface area contributed by atoms with Crippen molar-refractivity contribution in [3.05, 3.63) is 90.0 Å². The normalized spacial score (nSPS) is 13.2. The molecule has 1 aliphatic rings. The molecule has 7 heteroatoms. The third-order valence-electron chi connectivity index (χ3n) is 5.79. The van der Waals surface area contributed by atoms with E-state index in [1.54, 1.807) is 25.6 Å². The van der Waals surface area contributed by atoms with Crippen LogP contribution in [0.5, 0.6) is 0 Å². The van der Waals surface area contributed by atoms with Gasteiger partial charge in [0.2, 0.25) is 0 Å². The first-order valence-electron chi connectivity index (χ1n) is 11.0. The van der Waals surface area contributed by atoms with Crippen LogP contribution in [0.3, 0.4) is 0 Å². The highest BCUT2D eigenvalue weighted by Crippen LogP contribution is 2.32. The summed E-state index contributed by atoms with van der Waals surface area (Å²) >= 11 is 0. The van der Waals surface area contributed by atoms with Crippen LogP contribution in [0.1, 0.15) is 24.0 Å². The molecule has 2 heterocycles. The number of anilines is 3. The van der Waals surface area contributed by atoms with Gasteiger partial charge in [0.05, 0.1) is 18.4 Å². The lowest BCUT2D eigenvalue weighted by molar-refractivity contribution is 0.277. The van der Waals surface area contributed by atoms with E-state index in [2.05, 4.69) is 34.6 Å². The average Bonchev–Trinajstić information content (AvgIpc) is 2.90. The van der Waals surface area contributed by atoms with Crippen molar-refractivity contribution >= 4 is 39.9 Å². The molecule has 0 amide bonds. The molecule has 0 bridgehead atoms. The Morgan fingerprint density at radius 3 is 2.79 bits per heavy atom. The minimum Gasteiger partial charge on any atom is -0.501 e. The number of hydrogen-bond donors (Lipinski definition) is 3. The van der Waals surface area contributed by atoms with Gasteiger partial charge in [0, 0.05) is 52.9 Å². The average molecular weight is 449 g/mol. The van der Waals surface area contributed by atoms with E-state index in [0.29, 0.717) is 22.9 Å². The summed E-state index contributed by atoms with van der Waals surface area (Å²) in [4.78, 5) is 13.9. The van der Waals surface area contributed by atoms with E-state index in [1.807, 2.05) is 30.3 Å². The molecule has 168 valence electrons. The van der Waals surface area contributed by atoms with Crippen molar-refractivity contribution in [1.82, 2.24) is 15.0 Å². The Morgan fingerprint density at radius 2 is 2.00 bits per heavy atom. The predicted molar refractivity (Wildman–Crippen MR) is 137 cm³/mol. The van der Waals surface area contributed by atoms with Gasteiger partial charge in [-0.15, -0.1) is 0 Å². The maximum atomic E-state index is 7.63. The molecule has 0 saturated carbocycles. The van der Waals surface area contributed by atoms with Crippen molar-refractivity contribution < 1.29 is 4.74 Å². The highest BCUT2D eigenvalue weighted by Gasteiger charge is 2.14. The number of benzene rings is 2. The number of nitrogens with one attached hydrogen (secondary N) is 2. The Balaban J connectivity index is 1.65. The van der Waals surface area contributed by atoms with Crippen molar-refractivity contribution in [1.29, 1.82) is 5.41 Å². The zero-order valence-electron chi connectivity index (χ0n) is 18.7. The van der Waals surface area contributed by atoms with E-state index < -0.39 is 0 Å². The van der Waals surface area contributed by atoms with E-state index in [9.17, 15) is 0 Å². The molecular weight excluding hydrogens is 424 g/mol. The van der Waals surface area contributed by atoms with Crippen LogP contribution in [-0.4, -0.2) is 28.3 Å². The molecule has 0 spiro atoms. The lowest BCUT2D eigenvalue weighted by Crippen LogP contribution is -2.02. The molecular formula is C27H24N6O. The molecule has 0 atom stereocenters. The molecule has 34 heavy (non-hydrogen) atoms. The topological polar surface area (TPSA) is 110 Å². The van der Waals surface area contributed by atoms with Gasteiger partial charge in [-0.25, -0.2) is 9.97 Å². The number of rotatable bonds is 6. The fourth-order valence-electron chi connectivity index (χ4n) is 3.98. The number of hydrogen-bond acceptors (Lipinski definition) is 7. The van der Waals surface area contributed by atoms with Gasteiger partial charge in [-0.1, -0.05) is 12.1 Å². The second-order valence-corrected chi connectivity index (χ2v) is 8.00. The molecule has 2 aromatic heterocycles. The van der Waals surface area contributed by atoms with Gasteiger partial charge >= 0.3 is 0 Å². The van der Waals surface area contributed by atoms with Gasteiger partial charge in [-0.05, 0) is 66.1 Å². The van der Waals surface area contributed by atoms with Crippen LogP contribution in [0.25, 0.3) is 27.9 Å². The standard InChI is InChI=1S/C27H24N6O/c1-34-22-6-2-4-17(13-22)18-7-10-25-23(14-18)27(31-21-8-9-24(29)20(12-21)15-28)33-26(32-25)19-5-3-11-30-16-19/h3-5,7-16,28H,2,6,29H2,1H3,(H,31,32,33). The Kier molecular flexibility index (Phi) is 5.74. The SMILES string of the molecule is COC1=CC(c2ccc3nc(-c4cccnc4)nc(Nc4ccc(N)c(C=N)c4)c3c2)=CCC1. The summed E-state index contributed by atoms with van der Waals surface area (Å²) in [5, 5.41) is 11.9. The van der Waals surface area contributed by atoms with Crippen molar-refractivity contribution in [2.24, 2.45) is 0 Å². The number of nitrogens with two attached hydrogens (primary N) is 1. The molecule has 0 fully saturated rings. The molecule has 0 aliphatic heterocycles. The molecule has 4 aromatic rings. The zero-order chi connectivity index (χ0) is 23.5. The lowest BCUT2D eigenvalue weighted by atomic mass is 9.97. The fourth-order valence-corrected chi connectivity index (χ4v) is 3.98. The first-order chi connectivity index (χ1) is 16.6. The van der Waals surface area contributed by atoms with Crippen molar-refractivity contribution in [3.63, 3.8) is 0 Å². The summed E-state index contributed by atoms with van der Waals surface area (Å²) in [6, 6.07) is 15.5. The van der Waals surface area contributed by atoms with Crippen LogP contribution in [0.4, 0.5) is 17.2 Å². The molecule has 4 N–H and O–H groups in total. The number of aromatic nitrogens is 3. The summed E-state index contributed by atoms with van der Waals surface area (Å²) in [6.07, 6.45) is 10.9. The van der Waals surface area contributed by atoms with Crippen LogP contribution >= 0.6 is 0 Å². The third kappa shape index (κ3) is 4.23. The molecule has 0 radical (unpaired) electrons. The second kappa shape index (κ2) is 9.15. The quantitative estimate of drug-likeness (QED) is 0.257. The van der Waals surface area contributed by atoms with Crippen molar-refractivity contribution in [2.45, 2.75) is 12.8 Å². The predicted octanol–water partition coefficient (Wildman–Crippen LogP) is 5.72. The van der Waals surface area contributed by atoms with Gasteiger partial charge < -0.3 is 21.2 Å². The Morgan fingerprint density at radius 1 is 1.09 bits per heavy atom. The number of fused-ring (bicyclic) bond motifs is 1. The Labute approximate surface area is 197 Å². The maximum Gasteiger partial charge on any atom is 0.163 e. The van der Waals surface area contributed by atoms with Crippen LogP contribution in [0.2, 0.25) is 0 Å². The van der Waals surface area contributed by atoms with Crippen molar-refractivity contribution in [3.8, 4) is 11.4 Å². The number of ether oxygens (including phenoxy) is 1. The highest BCUT2D eigenvalue weighted by molar-refractivity contribution is 5.96.